The van der Waals surface area contributed by atoms with E-state index < -0.39 is 0 Å². The molecule has 0 fully saturated rings. The molecule has 0 radical (unpaired) electrons. The van der Waals surface area contributed by atoms with Crippen LogP contribution in [0, 0.1) is 6.92 Å². The Kier molecular flexibility index (Phi) is 4.67. The van der Waals surface area contributed by atoms with E-state index in [9.17, 15) is 4.79 Å². The van der Waals surface area contributed by atoms with Gasteiger partial charge in [-0.05, 0) is 33.2 Å². The molecule has 27 heavy (non-hydrogen) atoms. The number of rotatable bonds is 4. The molecular weight excluding hydrogens is 382 g/mol. The number of halogens is 1. The Bertz CT molecular complexity index is 1210. The molecule has 0 N–H and O–H groups in total. The number of fused-ring (bicyclic) bond motifs is 3. The van der Waals surface area contributed by atoms with Crippen molar-refractivity contribution in [3.63, 3.8) is 0 Å². The summed E-state index contributed by atoms with van der Waals surface area (Å²) in [5.41, 5.74) is 2.20. The van der Waals surface area contributed by atoms with E-state index in [-0.39, 0.29) is 5.56 Å². The van der Waals surface area contributed by atoms with Crippen LogP contribution in [0.1, 0.15) is 5.69 Å². The standard InChI is InChI=1S/C19H18ClN5OS/c1-11-14-15-16(19(26)25(10-21-15)9-8-24(2)3)27-18(14)23-17(22-11)12-6-4-5-7-13(12)20/h4-7,10H,8-9H2,1-3H3. The number of thiophene rings is 1. The van der Waals surface area contributed by atoms with E-state index in [1.165, 1.54) is 11.3 Å². The summed E-state index contributed by atoms with van der Waals surface area (Å²) in [5, 5.41) is 1.43. The summed E-state index contributed by atoms with van der Waals surface area (Å²) < 4.78 is 2.26. The zero-order valence-corrected chi connectivity index (χ0v) is 16.8. The number of hydrogen-bond acceptors (Lipinski definition) is 6. The van der Waals surface area contributed by atoms with E-state index in [2.05, 4.69) is 15.0 Å². The van der Waals surface area contributed by atoms with Crippen LogP contribution in [0.2, 0.25) is 5.02 Å². The summed E-state index contributed by atoms with van der Waals surface area (Å²) in [6.07, 6.45) is 1.61. The Morgan fingerprint density at radius 2 is 2.00 bits per heavy atom. The summed E-state index contributed by atoms with van der Waals surface area (Å²) in [6, 6.07) is 7.48. The molecule has 138 valence electrons. The summed E-state index contributed by atoms with van der Waals surface area (Å²) in [7, 11) is 3.96. The first-order valence-electron chi connectivity index (χ1n) is 8.51. The van der Waals surface area contributed by atoms with Crippen LogP contribution in [0.3, 0.4) is 0 Å². The van der Waals surface area contributed by atoms with Crippen molar-refractivity contribution >= 4 is 43.4 Å². The predicted molar refractivity (Wildman–Crippen MR) is 111 cm³/mol. The molecule has 0 aliphatic heterocycles. The lowest BCUT2D eigenvalue weighted by molar-refractivity contribution is 0.380. The molecule has 0 bridgehead atoms. The molecular formula is C19H18ClN5OS. The molecule has 0 aliphatic rings. The monoisotopic (exact) mass is 399 g/mol. The van der Waals surface area contributed by atoms with Crippen molar-refractivity contribution in [3.8, 4) is 11.4 Å². The van der Waals surface area contributed by atoms with Crippen molar-refractivity contribution in [2.24, 2.45) is 0 Å². The van der Waals surface area contributed by atoms with Crippen LogP contribution in [0.4, 0.5) is 0 Å². The lowest BCUT2D eigenvalue weighted by atomic mass is 10.2. The Labute approximate surface area is 165 Å². The van der Waals surface area contributed by atoms with E-state index in [1.54, 1.807) is 10.9 Å². The van der Waals surface area contributed by atoms with Gasteiger partial charge in [0.05, 0.1) is 27.9 Å². The maximum Gasteiger partial charge on any atom is 0.271 e. The number of aryl methyl sites for hydroxylation is 1. The van der Waals surface area contributed by atoms with Crippen LogP contribution in [0.15, 0.2) is 35.4 Å². The highest BCUT2D eigenvalue weighted by Crippen LogP contribution is 2.33. The fourth-order valence-electron chi connectivity index (χ4n) is 2.96. The van der Waals surface area contributed by atoms with Crippen molar-refractivity contribution in [2.75, 3.05) is 20.6 Å². The van der Waals surface area contributed by atoms with Crippen molar-refractivity contribution < 1.29 is 0 Å². The van der Waals surface area contributed by atoms with Gasteiger partial charge in [-0.3, -0.25) is 9.36 Å². The Morgan fingerprint density at radius 1 is 1.22 bits per heavy atom. The Hall–Kier alpha value is -2.35. The fraction of sp³-hybridized carbons (Fsp3) is 0.263. The van der Waals surface area contributed by atoms with Crippen molar-refractivity contribution in [1.82, 2.24) is 24.4 Å². The second-order valence-electron chi connectivity index (χ2n) is 6.62. The average molecular weight is 400 g/mol. The number of likely N-dealkylation sites (N-methyl/N-ethyl adjacent to an activating group) is 1. The zero-order chi connectivity index (χ0) is 19.1. The minimum Gasteiger partial charge on any atom is -0.308 e. The van der Waals surface area contributed by atoms with Crippen LogP contribution in [0.5, 0.6) is 0 Å². The van der Waals surface area contributed by atoms with Crippen molar-refractivity contribution in [1.29, 1.82) is 0 Å². The van der Waals surface area contributed by atoms with Gasteiger partial charge in [-0.15, -0.1) is 11.3 Å². The van der Waals surface area contributed by atoms with Crippen LogP contribution in [-0.4, -0.2) is 45.1 Å². The van der Waals surface area contributed by atoms with Crippen LogP contribution in [0.25, 0.3) is 31.8 Å². The molecule has 0 amide bonds. The molecule has 0 atom stereocenters. The van der Waals surface area contributed by atoms with Gasteiger partial charge < -0.3 is 4.90 Å². The maximum absolute atomic E-state index is 12.9. The molecule has 3 heterocycles. The van der Waals surface area contributed by atoms with E-state index in [0.717, 1.165) is 28.0 Å². The topological polar surface area (TPSA) is 63.9 Å². The quantitative estimate of drug-likeness (QED) is 0.524. The van der Waals surface area contributed by atoms with E-state index >= 15 is 0 Å². The van der Waals surface area contributed by atoms with Gasteiger partial charge in [-0.1, -0.05) is 23.7 Å². The molecule has 1 aromatic carbocycles. The Morgan fingerprint density at radius 3 is 2.74 bits per heavy atom. The predicted octanol–water partition coefficient (Wildman–Crippen LogP) is 3.59. The van der Waals surface area contributed by atoms with Crippen molar-refractivity contribution in [3.05, 3.63) is 51.7 Å². The first-order valence-corrected chi connectivity index (χ1v) is 9.71. The highest BCUT2D eigenvalue weighted by atomic mass is 35.5. The number of nitrogens with zero attached hydrogens (tertiary/aromatic N) is 5. The fourth-order valence-corrected chi connectivity index (χ4v) is 4.31. The van der Waals surface area contributed by atoms with Gasteiger partial charge in [-0.25, -0.2) is 15.0 Å². The lowest BCUT2D eigenvalue weighted by Gasteiger charge is -2.10. The average Bonchev–Trinajstić information content (AvgIpc) is 3.01. The molecule has 4 rings (SSSR count). The second kappa shape index (κ2) is 6.99. The number of benzene rings is 1. The van der Waals surface area contributed by atoms with E-state index in [0.29, 0.717) is 27.6 Å². The molecule has 0 saturated heterocycles. The normalized spacial score (nSPS) is 11.7. The maximum atomic E-state index is 12.9. The smallest absolute Gasteiger partial charge is 0.271 e. The highest BCUT2D eigenvalue weighted by Gasteiger charge is 2.17. The van der Waals surface area contributed by atoms with Gasteiger partial charge in [0.15, 0.2) is 5.82 Å². The zero-order valence-electron chi connectivity index (χ0n) is 15.2. The summed E-state index contributed by atoms with van der Waals surface area (Å²) in [5.74, 6) is 0.560. The molecule has 0 aliphatic carbocycles. The molecule has 4 aromatic rings. The van der Waals surface area contributed by atoms with Gasteiger partial charge in [0.2, 0.25) is 0 Å². The molecule has 0 spiro atoms. The molecule has 8 heteroatoms. The third-order valence-corrected chi connectivity index (χ3v) is 5.78. The van der Waals surface area contributed by atoms with Gasteiger partial charge in [0, 0.05) is 18.7 Å². The second-order valence-corrected chi connectivity index (χ2v) is 8.03. The van der Waals surface area contributed by atoms with Gasteiger partial charge in [-0.2, -0.15) is 0 Å². The molecule has 0 saturated carbocycles. The molecule has 0 unspecified atom stereocenters. The van der Waals surface area contributed by atoms with E-state index in [1.807, 2.05) is 50.2 Å². The Balaban J connectivity index is 1.91. The number of hydrogen-bond donors (Lipinski definition) is 0. The number of aromatic nitrogens is 4. The first-order chi connectivity index (χ1) is 13.0. The van der Waals surface area contributed by atoms with Gasteiger partial charge >= 0.3 is 0 Å². The summed E-state index contributed by atoms with van der Waals surface area (Å²) in [4.78, 5) is 29.5. The van der Waals surface area contributed by atoms with Crippen LogP contribution in [-0.2, 0) is 6.54 Å². The van der Waals surface area contributed by atoms with Crippen molar-refractivity contribution in [2.45, 2.75) is 13.5 Å². The van der Waals surface area contributed by atoms with Gasteiger partial charge in [0.1, 0.15) is 9.53 Å². The highest BCUT2D eigenvalue weighted by molar-refractivity contribution is 7.25. The first kappa shape index (κ1) is 18.0. The largest absolute Gasteiger partial charge is 0.308 e. The van der Waals surface area contributed by atoms with E-state index in [4.69, 9.17) is 11.6 Å². The molecule has 3 aromatic heterocycles. The lowest BCUT2D eigenvalue weighted by Crippen LogP contribution is -2.26. The third-order valence-electron chi connectivity index (χ3n) is 4.39. The minimum absolute atomic E-state index is 0.0384. The summed E-state index contributed by atoms with van der Waals surface area (Å²) >= 11 is 7.66. The molecule has 6 nitrogen and oxygen atoms in total. The van der Waals surface area contributed by atoms with Crippen LogP contribution >= 0.6 is 22.9 Å². The van der Waals surface area contributed by atoms with Gasteiger partial charge in [0.25, 0.3) is 5.56 Å². The van der Waals surface area contributed by atoms with Crippen LogP contribution < -0.4 is 5.56 Å². The third kappa shape index (κ3) is 3.22. The SMILES string of the molecule is Cc1nc(-c2ccccc2Cl)nc2sc3c(=O)n(CCN(C)C)cnc3c12. The summed E-state index contributed by atoms with van der Waals surface area (Å²) in [6.45, 7) is 3.28. The minimum atomic E-state index is -0.0384.